The van der Waals surface area contributed by atoms with Crippen molar-refractivity contribution in [2.75, 3.05) is 32.1 Å². The van der Waals surface area contributed by atoms with Crippen LogP contribution >= 0.6 is 0 Å². The Bertz CT molecular complexity index is 440. The highest BCUT2D eigenvalue weighted by Gasteiger charge is 2.27. The molecule has 4 heteroatoms. The second-order valence-corrected chi connectivity index (χ2v) is 6.58. The van der Waals surface area contributed by atoms with Gasteiger partial charge in [-0.05, 0) is 24.6 Å². The van der Waals surface area contributed by atoms with Gasteiger partial charge in [-0.1, -0.05) is 39.0 Å². The smallest absolute Gasteiger partial charge is 0.228 e. The fourth-order valence-corrected chi connectivity index (χ4v) is 2.47. The number of hydrogen-bond donors (Lipinski definition) is 1. The molecule has 1 aromatic carbocycles. The summed E-state index contributed by atoms with van der Waals surface area (Å²) in [5, 5.41) is 9.55. The molecule has 0 radical (unpaired) electrons. The Morgan fingerprint density at radius 3 is 2.24 bits per heavy atom. The molecule has 1 unspecified atom stereocenters. The fraction of sp³-hybridized carbons (Fsp3) is 0.588. The number of benzene rings is 1. The van der Waals surface area contributed by atoms with Gasteiger partial charge >= 0.3 is 0 Å². The molecule has 0 aromatic heterocycles. The maximum absolute atomic E-state index is 12.2. The first-order valence-electron chi connectivity index (χ1n) is 7.40. The molecule has 4 nitrogen and oxygen atoms in total. The number of hydrogen-bond acceptors (Lipinski definition) is 3. The van der Waals surface area contributed by atoms with Crippen molar-refractivity contribution in [1.29, 1.82) is 0 Å². The number of likely N-dealkylation sites (N-methyl/N-ethyl adjacent to an activating group) is 1. The third-order valence-corrected chi connectivity index (χ3v) is 3.90. The van der Waals surface area contributed by atoms with Crippen LogP contribution in [0.1, 0.15) is 27.2 Å². The predicted octanol–water partition coefficient (Wildman–Crippen LogP) is 2.38. The van der Waals surface area contributed by atoms with E-state index in [2.05, 4.69) is 25.7 Å². The molecule has 0 heterocycles. The summed E-state index contributed by atoms with van der Waals surface area (Å²) in [6.07, 6.45) is 0.439. The molecule has 1 rings (SSSR count). The number of anilines is 1. The van der Waals surface area contributed by atoms with E-state index in [0.29, 0.717) is 13.0 Å². The Labute approximate surface area is 128 Å². The first-order valence-corrected chi connectivity index (χ1v) is 7.40. The lowest BCUT2D eigenvalue weighted by Gasteiger charge is -2.36. The van der Waals surface area contributed by atoms with Gasteiger partial charge in [-0.15, -0.1) is 0 Å². The second kappa shape index (κ2) is 7.57. The quantitative estimate of drug-likeness (QED) is 0.875. The lowest BCUT2D eigenvalue weighted by molar-refractivity contribution is -0.118. The van der Waals surface area contributed by atoms with Crippen molar-refractivity contribution in [3.05, 3.63) is 30.3 Å². The molecule has 0 bridgehead atoms. The van der Waals surface area contributed by atoms with Gasteiger partial charge in [-0.3, -0.25) is 4.79 Å². The summed E-state index contributed by atoms with van der Waals surface area (Å²) in [6.45, 7) is 7.04. The van der Waals surface area contributed by atoms with Crippen molar-refractivity contribution in [1.82, 2.24) is 4.90 Å². The highest BCUT2D eigenvalue weighted by atomic mass is 16.3. The fourth-order valence-electron chi connectivity index (χ4n) is 2.47. The monoisotopic (exact) mass is 292 g/mol. The molecule has 21 heavy (non-hydrogen) atoms. The summed E-state index contributed by atoms with van der Waals surface area (Å²) >= 11 is 0. The zero-order valence-corrected chi connectivity index (χ0v) is 13.8. The maximum atomic E-state index is 12.2. The number of amides is 1. The third-order valence-electron chi connectivity index (χ3n) is 3.90. The Morgan fingerprint density at radius 2 is 1.76 bits per heavy atom. The van der Waals surface area contributed by atoms with Gasteiger partial charge in [-0.25, -0.2) is 0 Å². The molecule has 0 fully saturated rings. The summed E-state index contributed by atoms with van der Waals surface area (Å²) in [7, 11) is 3.76. The van der Waals surface area contributed by atoms with Crippen LogP contribution in [0.2, 0.25) is 0 Å². The minimum Gasteiger partial charge on any atom is -0.395 e. The molecule has 1 atom stereocenters. The van der Waals surface area contributed by atoms with E-state index in [1.54, 1.807) is 11.9 Å². The van der Waals surface area contributed by atoms with E-state index in [-0.39, 0.29) is 24.0 Å². The highest BCUT2D eigenvalue weighted by Crippen LogP contribution is 2.23. The first kappa shape index (κ1) is 17.7. The molecular formula is C17H28N2O2. The van der Waals surface area contributed by atoms with Gasteiger partial charge in [0.2, 0.25) is 5.91 Å². The molecule has 0 spiro atoms. The van der Waals surface area contributed by atoms with Crippen molar-refractivity contribution in [2.45, 2.75) is 33.2 Å². The van der Waals surface area contributed by atoms with Crippen LogP contribution in [0.5, 0.6) is 0 Å². The normalized spacial score (nSPS) is 13.3. The van der Waals surface area contributed by atoms with Crippen molar-refractivity contribution in [3.8, 4) is 0 Å². The van der Waals surface area contributed by atoms with Gasteiger partial charge < -0.3 is 14.9 Å². The van der Waals surface area contributed by atoms with Gasteiger partial charge in [0.15, 0.2) is 0 Å². The average molecular weight is 292 g/mol. The largest absolute Gasteiger partial charge is 0.395 e. The number of aliphatic hydroxyl groups is 1. The van der Waals surface area contributed by atoms with Crippen LogP contribution in [0.4, 0.5) is 5.69 Å². The van der Waals surface area contributed by atoms with E-state index in [4.69, 9.17) is 0 Å². The van der Waals surface area contributed by atoms with Crippen LogP contribution < -0.4 is 4.90 Å². The van der Waals surface area contributed by atoms with Crippen LogP contribution in [0.15, 0.2) is 30.3 Å². The third kappa shape index (κ3) is 5.14. The predicted molar refractivity (Wildman–Crippen MR) is 87.4 cm³/mol. The Balaban J connectivity index is 2.56. The molecule has 0 aliphatic heterocycles. The molecule has 118 valence electrons. The van der Waals surface area contributed by atoms with Gasteiger partial charge in [0.25, 0.3) is 0 Å². The maximum Gasteiger partial charge on any atom is 0.228 e. The minimum atomic E-state index is -0.0160. The first-order chi connectivity index (χ1) is 9.77. The van der Waals surface area contributed by atoms with E-state index < -0.39 is 0 Å². The van der Waals surface area contributed by atoms with Crippen LogP contribution in [0, 0.1) is 5.41 Å². The molecule has 0 aliphatic rings. The van der Waals surface area contributed by atoms with Crippen molar-refractivity contribution < 1.29 is 9.90 Å². The highest BCUT2D eigenvalue weighted by molar-refractivity contribution is 5.92. The lowest BCUT2D eigenvalue weighted by atomic mass is 9.86. The second-order valence-electron chi connectivity index (χ2n) is 6.58. The van der Waals surface area contributed by atoms with Crippen LogP contribution in [-0.4, -0.2) is 49.2 Å². The van der Waals surface area contributed by atoms with Crippen molar-refractivity contribution in [2.24, 2.45) is 5.41 Å². The Kier molecular flexibility index (Phi) is 6.37. The van der Waals surface area contributed by atoms with Crippen LogP contribution in [0.25, 0.3) is 0 Å². The number of rotatable bonds is 6. The van der Waals surface area contributed by atoms with Crippen molar-refractivity contribution in [3.63, 3.8) is 0 Å². The summed E-state index contributed by atoms with van der Waals surface area (Å²) < 4.78 is 0. The molecule has 0 saturated carbocycles. The van der Waals surface area contributed by atoms with Gasteiger partial charge in [0.05, 0.1) is 6.61 Å². The Morgan fingerprint density at radius 1 is 1.19 bits per heavy atom. The van der Waals surface area contributed by atoms with Crippen LogP contribution in [-0.2, 0) is 4.79 Å². The van der Waals surface area contributed by atoms with E-state index in [1.165, 1.54) is 0 Å². The zero-order valence-electron chi connectivity index (χ0n) is 13.8. The standard InChI is InChI=1S/C17H28N2O2/c1-17(2,3)15(13-20)18(4)12-11-16(21)19(5)14-9-7-6-8-10-14/h6-10,15,20H,11-13H2,1-5H3. The molecular weight excluding hydrogens is 264 g/mol. The van der Waals surface area contributed by atoms with Gasteiger partial charge in [0.1, 0.15) is 0 Å². The van der Waals surface area contributed by atoms with E-state index >= 15 is 0 Å². The number of aliphatic hydroxyl groups excluding tert-OH is 1. The summed E-state index contributed by atoms with van der Waals surface area (Å²) in [4.78, 5) is 16.0. The van der Waals surface area contributed by atoms with E-state index in [1.807, 2.05) is 37.4 Å². The number of carbonyl (C=O) groups excluding carboxylic acids is 1. The lowest BCUT2D eigenvalue weighted by Crippen LogP contribution is -2.45. The SMILES string of the molecule is CN(C(=O)CCN(C)C(CO)C(C)(C)C)c1ccccc1. The minimum absolute atomic E-state index is 0.0160. The number of para-hydroxylation sites is 1. The zero-order chi connectivity index (χ0) is 16.0. The van der Waals surface area contributed by atoms with Gasteiger partial charge in [-0.2, -0.15) is 0 Å². The number of carbonyl (C=O) groups is 1. The Hall–Kier alpha value is -1.39. The topological polar surface area (TPSA) is 43.8 Å². The van der Waals surface area contributed by atoms with E-state index in [9.17, 15) is 9.90 Å². The average Bonchev–Trinajstić information content (AvgIpc) is 2.44. The molecule has 1 N–H and O–H groups in total. The van der Waals surface area contributed by atoms with Crippen molar-refractivity contribution >= 4 is 11.6 Å². The summed E-state index contributed by atoms with van der Waals surface area (Å²) in [6, 6.07) is 9.68. The molecule has 1 amide bonds. The molecule has 1 aromatic rings. The number of nitrogens with zero attached hydrogens (tertiary/aromatic N) is 2. The summed E-state index contributed by atoms with van der Waals surface area (Å²) in [5.41, 5.74) is 0.886. The van der Waals surface area contributed by atoms with E-state index in [0.717, 1.165) is 5.69 Å². The molecule has 0 aliphatic carbocycles. The molecule has 0 saturated heterocycles. The van der Waals surface area contributed by atoms with Crippen LogP contribution in [0.3, 0.4) is 0 Å². The van der Waals surface area contributed by atoms with Gasteiger partial charge in [0, 0.05) is 31.7 Å². The summed E-state index contributed by atoms with van der Waals surface area (Å²) in [5.74, 6) is 0.0821.